The van der Waals surface area contributed by atoms with Crippen LogP contribution in [0.2, 0.25) is 0 Å². The summed E-state index contributed by atoms with van der Waals surface area (Å²) in [4.78, 5) is 14.4. The maximum absolute atomic E-state index is 12.5. The lowest BCUT2D eigenvalue weighted by molar-refractivity contribution is -0.137. The van der Waals surface area contributed by atoms with Crippen molar-refractivity contribution in [3.63, 3.8) is 0 Å². The first-order valence-corrected chi connectivity index (χ1v) is 8.12. The highest BCUT2D eigenvalue weighted by Crippen LogP contribution is 2.25. The standard InChI is InChI=1S/C15H25N5O.ClH/c1-3-8-19-10-14-18-17-13(20(14)11(2)15(19)21)9-12-4-6-16-7-5-12;/h11-12,16H,3-10H2,1-2H3;1H/t11-;/m0./s1. The van der Waals surface area contributed by atoms with Crippen molar-refractivity contribution in [3.05, 3.63) is 11.6 Å². The van der Waals surface area contributed by atoms with E-state index in [1.807, 2.05) is 11.8 Å². The average molecular weight is 328 g/mol. The van der Waals surface area contributed by atoms with Crippen LogP contribution in [0.4, 0.5) is 0 Å². The molecule has 0 aromatic carbocycles. The zero-order valence-corrected chi connectivity index (χ0v) is 14.2. The van der Waals surface area contributed by atoms with Gasteiger partial charge < -0.3 is 14.8 Å². The number of aromatic nitrogens is 3. The third-order valence-corrected chi connectivity index (χ3v) is 4.65. The zero-order chi connectivity index (χ0) is 14.8. The van der Waals surface area contributed by atoms with E-state index in [1.165, 1.54) is 12.8 Å². The Morgan fingerprint density at radius 3 is 2.68 bits per heavy atom. The number of halogens is 1. The van der Waals surface area contributed by atoms with Crippen molar-refractivity contribution in [2.24, 2.45) is 5.92 Å². The first-order chi connectivity index (χ1) is 10.2. The first kappa shape index (κ1) is 17.2. The van der Waals surface area contributed by atoms with E-state index in [-0.39, 0.29) is 24.4 Å². The van der Waals surface area contributed by atoms with Crippen molar-refractivity contribution < 1.29 is 4.79 Å². The average Bonchev–Trinajstić information content (AvgIpc) is 2.89. The molecule has 1 N–H and O–H groups in total. The van der Waals surface area contributed by atoms with Gasteiger partial charge >= 0.3 is 0 Å². The fourth-order valence-electron chi connectivity index (χ4n) is 3.48. The normalized spacial score (nSPS) is 22.4. The molecule has 3 heterocycles. The quantitative estimate of drug-likeness (QED) is 0.911. The van der Waals surface area contributed by atoms with Gasteiger partial charge in [0, 0.05) is 13.0 Å². The molecular formula is C15H26ClN5O. The summed E-state index contributed by atoms with van der Waals surface area (Å²) in [5, 5.41) is 12.1. The number of nitrogens with one attached hydrogen (secondary N) is 1. The van der Waals surface area contributed by atoms with Gasteiger partial charge in [-0.25, -0.2) is 0 Å². The zero-order valence-electron chi connectivity index (χ0n) is 13.4. The number of carbonyl (C=O) groups excluding carboxylic acids is 1. The second-order valence-corrected chi connectivity index (χ2v) is 6.24. The van der Waals surface area contributed by atoms with Gasteiger partial charge in [-0.15, -0.1) is 22.6 Å². The fourth-order valence-corrected chi connectivity index (χ4v) is 3.48. The Labute approximate surface area is 138 Å². The molecular weight excluding hydrogens is 302 g/mol. The van der Waals surface area contributed by atoms with Gasteiger partial charge in [-0.05, 0) is 45.2 Å². The van der Waals surface area contributed by atoms with E-state index < -0.39 is 0 Å². The van der Waals surface area contributed by atoms with Gasteiger partial charge in [-0.2, -0.15) is 0 Å². The molecule has 6 nitrogen and oxygen atoms in total. The second-order valence-electron chi connectivity index (χ2n) is 6.24. The SMILES string of the molecule is CCCN1Cc2nnc(CC3CCNCC3)n2[C@@H](C)C1=O.Cl. The van der Waals surface area contributed by atoms with Crippen molar-refractivity contribution in [2.75, 3.05) is 19.6 Å². The van der Waals surface area contributed by atoms with Crippen LogP contribution >= 0.6 is 12.4 Å². The maximum Gasteiger partial charge on any atom is 0.245 e. The van der Waals surface area contributed by atoms with E-state index in [9.17, 15) is 4.79 Å². The molecule has 1 saturated heterocycles. The molecule has 0 aliphatic carbocycles. The third-order valence-electron chi connectivity index (χ3n) is 4.65. The van der Waals surface area contributed by atoms with Crippen molar-refractivity contribution >= 4 is 18.3 Å². The van der Waals surface area contributed by atoms with E-state index in [2.05, 4.69) is 27.0 Å². The molecule has 1 aromatic rings. The summed E-state index contributed by atoms with van der Waals surface area (Å²) in [6.07, 6.45) is 4.30. The Morgan fingerprint density at radius 2 is 2.00 bits per heavy atom. The molecule has 0 saturated carbocycles. The minimum atomic E-state index is -0.160. The Kier molecular flexibility index (Phi) is 5.81. The second kappa shape index (κ2) is 7.42. The smallest absolute Gasteiger partial charge is 0.245 e. The van der Waals surface area contributed by atoms with Crippen molar-refractivity contribution in [3.8, 4) is 0 Å². The molecule has 7 heteroatoms. The molecule has 0 spiro atoms. The van der Waals surface area contributed by atoms with Gasteiger partial charge in [-0.3, -0.25) is 4.79 Å². The largest absolute Gasteiger partial charge is 0.333 e. The van der Waals surface area contributed by atoms with Crippen molar-refractivity contribution in [1.82, 2.24) is 25.0 Å². The molecule has 1 aromatic heterocycles. The Balaban J connectivity index is 0.00000176. The number of hydrogen-bond acceptors (Lipinski definition) is 4. The van der Waals surface area contributed by atoms with E-state index in [0.717, 1.165) is 44.1 Å². The lowest BCUT2D eigenvalue weighted by Crippen LogP contribution is -2.42. The highest BCUT2D eigenvalue weighted by atomic mass is 35.5. The van der Waals surface area contributed by atoms with Gasteiger partial charge in [0.05, 0.1) is 6.54 Å². The summed E-state index contributed by atoms with van der Waals surface area (Å²) in [6.45, 7) is 7.66. The lowest BCUT2D eigenvalue weighted by atomic mass is 9.94. The first-order valence-electron chi connectivity index (χ1n) is 8.12. The molecule has 1 amide bonds. The van der Waals surface area contributed by atoms with Gasteiger partial charge in [-0.1, -0.05) is 6.92 Å². The minimum absolute atomic E-state index is 0. The van der Waals surface area contributed by atoms with Crippen LogP contribution in [0.3, 0.4) is 0 Å². The topological polar surface area (TPSA) is 63.1 Å². The molecule has 3 rings (SSSR count). The molecule has 0 unspecified atom stereocenters. The number of carbonyl (C=O) groups is 1. The Hall–Kier alpha value is -1.14. The molecule has 1 fully saturated rings. The number of piperidine rings is 1. The van der Waals surface area contributed by atoms with Gasteiger partial charge in [0.1, 0.15) is 11.9 Å². The van der Waals surface area contributed by atoms with Crippen molar-refractivity contribution in [1.29, 1.82) is 0 Å². The Bertz CT molecular complexity index is 512. The summed E-state index contributed by atoms with van der Waals surface area (Å²) in [5.74, 6) is 2.81. The number of amides is 1. The predicted octanol–water partition coefficient (Wildman–Crippen LogP) is 1.56. The van der Waals surface area contributed by atoms with Gasteiger partial charge in [0.15, 0.2) is 5.82 Å². The van der Waals surface area contributed by atoms with Crippen LogP contribution in [-0.2, 0) is 17.8 Å². The number of fused-ring (bicyclic) bond motifs is 1. The number of rotatable bonds is 4. The van der Waals surface area contributed by atoms with Crippen LogP contribution < -0.4 is 5.32 Å². The monoisotopic (exact) mass is 327 g/mol. The van der Waals surface area contributed by atoms with Crippen molar-refractivity contribution in [2.45, 2.75) is 52.1 Å². The van der Waals surface area contributed by atoms with Crippen LogP contribution in [0.1, 0.15) is 50.8 Å². The summed E-state index contributed by atoms with van der Waals surface area (Å²) in [7, 11) is 0. The number of nitrogens with zero attached hydrogens (tertiary/aromatic N) is 4. The summed E-state index contributed by atoms with van der Waals surface area (Å²) < 4.78 is 2.08. The third kappa shape index (κ3) is 3.27. The van der Waals surface area contributed by atoms with E-state index in [1.54, 1.807) is 0 Å². The number of hydrogen-bond donors (Lipinski definition) is 1. The van der Waals surface area contributed by atoms with Gasteiger partial charge in [0.2, 0.25) is 5.91 Å². The molecule has 124 valence electrons. The molecule has 1 atom stereocenters. The molecule has 0 bridgehead atoms. The molecule has 2 aliphatic heterocycles. The van der Waals surface area contributed by atoms with E-state index in [0.29, 0.717) is 12.5 Å². The van der Waals surface area contributed by atoms with E-state index >= 15 is 0 Å². The minimum Gasteiger partial charge on any atom is -0.333 e. The summed E-state index contributed by atoms with van der Waals surface area (Å²) >= 11 is 0. The van der Waals surface area contributed by atoms with Crippen LogP contribution in [-0.4, -0.2) is 45.2 Å². The van der Waals surface area contributed by atoms with Crippen LogP contribution in [0, 0.1) is 5.92 Å². The fraction of sp³-hybridized carbons (Fsp3) is 0.800. The molecule has 22 heavy (non-hydrogen) atoms. The summed E-state index contributed by atoms with van der Waals surface area (Å²) in [5.41, 5.74) is 0. The molecule has 0 radical (unpaired) electrons. The van der Waals surface area contributed by atoms with Crippen LogP contribution in [0.25, 0.3) is 0 Å². The molecule has 2 aliphatic rings. The Morgan fingerprint density at radius 1 is 1.27 bits per heavy atom. The maximum atomic E-state index is 12.5. The van der Waals surface area contributed by atoms with E-state index in [4.69, 9.17) is 0 Å². The van der Waals surface area contributed by atoms with Crippen LogP contribution in [0.15, 0.2) is 0 Å². The lowest BCUT2D eigenvalue weighted by Gasteiger charge is -2.32. The highest BCUT2D eigenvalue weighted by Gasteiger charge is 2.33. The van der Waals surface area contributed by atoms with Crippen LogP contribution in [0.5, 0.6) is 0 Å². The summed E-state index contributed by atoms with van der Waals surface area (Å²) in [6, 6.07) is -0.160. The van der Waals surface area contributed by atoms with Gasteiger partial charge in [0.25, 0.3) is 0 Å². The highest BCUT2D eigenvalue weighted by molar-refractivity contribution is 5.85. The predicted molar refractivity (Wildman–Crippen MR) is 87.0 cm³/mol.